The summed E-state index contributed by atoms with van der Waals surface area (Å²) in [5.74, 6) is 2.48. The molecular weight excluding hydrogens is 532 g/mol. The summed E-state index contributed by atoms with van der Waals surface area (Å²) in [6.07, 6.45) is 10.2. The van der Waals surface area contributed by atoms with Gasteiger partial charge in [-0.25, -0.2) is 0 Å². The topological polar surface area (TPSA) is 64.7 Å². The minimum absolute atomic E-state index is 0.0462. The number of hydrogen-bond acceptors (Lipinski definition) is 4. The van der Waals surface area contributed by atoms with Crippen LogP contribution in [0.5, 0.6) is 0 Å². The third kappa shape index (κ3) is 6.75. The zero-order valence-corrected chi connectivity index (χ0v) is 25.2. The highest BCUT2D eigenvalue weighted by atomic mass is 35.5. The average Bonchev–Trinajstić information content (AvgIpc) is 3.63. The van der Waals surface area contributed by atoms with Crippen molar-refractivity contribution in [3.05, 3.63) is 64.2 Å². The van der Waals surface area contributed by atoms with Gasteiger partial charge in [-0.3, -0.25) is 9.59 Å². The highest BCUT2D eigenvalue weighted by Gasteiger charge is 2.36. The summed E-state index contributed by atoms with van der Waals surface area (Å²) < 4.78 is 0. The fourth-order valence-corrected chi connectivity index (χ4v) is 8.16. The Labute approximate surface area is 250 Å². The zero-order chi connectivity index (χ0) is 28.3. The lowest BCUT2D eigenvalue weighted by Crippen LogP contribution is -2.46. The molecule has 2 aromatic rings. The van der Waals surface area contributed by atoms with Gasteiger partial charge in [-0.05, 0) is 98.6 Å². The Morgan fingerprint density at radius 2 is 1.90 bits per heavy atom. The maximum absolute atomic E-state index is 13.4. The second kappa shape index (κ2) is 12.7. The molecule has 7 heteroatoms. The van der Waals surface area contributed by atoms with E-state index in [1.165, 1.54) is 43.4 Å². The van der Waals surface area contributed by atoms with Crippen LogP contribution >= 0.6 is 11.6 Å². The van der Waals surface area contributed by atoms with Crippen molar-refractivity contribution in [2.75, 3.05) is 37.6 Å². The number of carbonyl (C=O) groups is 2. The molecule has 5 atom stereocenters. The molecule has 4 aliphatic rings. The van der Waals surface area contributed by atoms with E-state index in [4.69, 9.17) is 11.6 Å². The molecule has 2 amide bonds. The molecule has 0 aromatic heterocycles. The first-order valence-electron chi connectivity index (χ1n) is 15.9. The monoisotopic (exact) mass is 576 g/mol. The molecule has 2 aromatic carbocycles. The lowest BCUT2D eigenvalue weighted by Gasteiger charge is -2.36. The van der Waals surface area contributed by atoms with E-state index < -0.39 is 0 Å². The van der Waals surface area contributed by atoms with Gasteiger partial charge in [0, 0.05) is 67.5 Å². The van der Waals surface area contributed by atoms with Gasteiger partial charge in [0.1, 0.15) is 0 Å². The van der Waals surface area contributed by atoms with Crippen molar-refractivity contribution in [2.24, 2.45) is 17.8 Å². The van der Waals surface area contributed by atoms with E-state index in [9.17, 15) is 9.59 Å². The van der Waals surface area contributed by atoms with Gasteiger partial charge >= 0.3 is 0 Å². The van der Waals surface area contributed by atoms with Gasteiger partial charge in [-0.2, -0.15) is 0 Å². The maximum atomic E-state index is 13.4. The molecule has 2 N–H and O–H groups in total. The molecule has 4 fully saturated rings. The Balaban J connectivity index is 1.03. The van der Waals surface area contributed by atoms with Gasteiger partial charge in [0.05, 0.1) is 0 Å². The third-order valence-corrected chi connectivity index (χ3v) is 10.4. The zero-order valence-electron chi connectivity index (χ0n) is 24.4. The first-order valence-corrected chi connectivity index (χ1v) is 16.2. The summed E-state index contributed by atoms with van der Waals surface area (Å²) in [7, 11) is 0. The van der Waals surface area contributed by atoms with E-state index in [1.54, 1.807) is 0 Å². The third-order valence-electron chi connectivity index (χ3n) is 10.2. The van der Waals surface area contributed by atoms with E-state index >= 15 is 0 Å². The number of aryl methyl sites for hydroxylation is 1. The van der Waals surface area contributed by atoms with Crippen molar-refractivity contribution in [1.82, 2.24) is 15.5 Å². The first-order chi connectivity index (χ1) is 19.9. The van der Waals surface area contributed by atoms with Crippen molar-refractivity contribution in [3.8, 4) is 0 Å². The fourth-order valence-electron chi connectivity index (χ4n) is 7.99. The van der Waals surface area contributed by atoms with Gasteiger partial charge in [-0.15, -0.1) is 0 Å². The molecule has 2 aliphatic heterocycles. The predicted octanol–water partition coefficient (Wildman–Crippen LogP) is 6.13. The van der Waals surface area contributed by atoms with Crippen molar-refractivity contribution in [1.29, 1.82) is 0 Å². The number of carbonyl (C=O) groups excluding carboxylic acids is 2. The molecular formula is C34H45ClN4O2. The number of benzene rings is 2. The minimum Gasteiger partial charge on any atom is -0.368 e. The largest absolute Gasteiger partial charge is 0.368 e. The van der Waals surface area contributed by atoms with Crippen molar-refractivity contribution >= 4 is 29.1 Å². The SMILES string of the molecule is Cc1ccc(Cl)cc1N1CCNC(c2cccc(C(=O)NC3CCC(C4CCCC(CN5CCCC5=O)C4)C3)c2)C1. The number of piperazine rings is 1. The van der Waals surface area contributed by atoms with Crippen LogP contribution in [0.1, 0.15) is 85.3 Å². The van der Waals surface area contributed by atoms with Gasteiger partial charge < -0.3 is 20.4 Å². The van der Waals surface area contributed by atoms with Crippen LogP contribution in [0.4, 0.5) is 5.69 Å². The Kier molecular flexibility index (Phi) is 8.87. The molecule has 2 saturated heterocycles. The second-order valence-corrected chi connectivity index (χ2v) is 13.4. The number of anilines is 1. The van der Waals surface area contributed by atoms with Gasteiger partial charge in [0.2, 0.25) is 5.91 Å². The van der Waals surface area contributed by atoms with Crippen LogP contribution in [-0.4, -0.2) is 55.5 Å². The Bertz CT molecular complexity index is 1250. The molecule has 220 valence electrons. The molecule has 41 heavy (non-hydrogen) atoms. The molecule has 0 radical (unpaired) electrons. The van der Waals surface area contributed by atoms with E-state index in [2.05, 4.69) is 51.6 Å². The number of rotatable bonds is 7. The lowest BCUT2D eigenvalue weighted by atomic mass is 9.74. The normalized spacial score (nSPS) is 28.7. The highest BCUT2D eigenvalue weighted by molar-refractivity contribution is 6.30. The number of hydrogen-bond donors (Lipinski definition) is 2. The molecule has 5 unspecified atom stereocenters. The van der Waals surface area contributed by atoms with E-state index in [0.717, 1.165) is 80.5 Å². The number of nitrogens with zero attached hydrogens (tertiary/aromatic N) is 2. The molecule has 2 aliphatic carbocycles. The quantitative estimate of drug-likeness (QED) is 0.416. The standard InChI is InChI=1S/C34H45ClN4O2/c1-23-10-12-29(35)20-32(23)38-16-14-36-31(22-38)27-7-3-8-28(18-27)34(41)37-30-13-11-26(19-30)25-6-2-5-24(17-25)21-39-15-4-9-33(39)40/h3,7-8,10,12,18,20,24-26,30-31,36H,2,4-6,9,11,13-17,19,21-22H2,1H3,(H,37,41). The number of likely N-dealkylation sites (tertiary alicyclic amines) is 1. The fraction of sp³-hybridized carbons (Fsp3) is 0.588. The predicted molar refractivity (Wildman–Crippen MR) is 165 cm³/mol. The van der Waals surface area contributed by atoms with Crippen molar-refractivity contribution < 1.29 is 9.59 Å². The van der Waals surface area contributed by atoms with Crippen LogP contribution in [0.25, 0.3) is 0 Å². The van der Waals surface area contributed by atoms with Crippen LogP contribution < -0.4 is 15.5 Å². The Morgan fingerprint density at radius 3 is 2.76 bits per heavy atom. The Hall–Kier alpha value is -2.57. The van der Waals surface area contributed by atoms with E-state index in [1.807, 2.05) is 18.2 Å². The first kappa shape index (κ1) is 28.5. The van der Waals surface area contributed by atoms with Gasteiger partial charge in [0.15, 0.2) is 0 Å². The summed E-state index contributed by atoms with van der Waals surface area (Å²) in [5, 5.41) is 7.79. The summed E-state index contributed by atoms with van der Waals surface area (Å²) in [5.41, 5.74) is 4.30. The summed E-state index contributed by atoms with van der Waals surface area (Å²) in [4.78, 5) is 30.0. The Morgan fingerprint density at radius 1 is 1.02 bits per heavy atom. The van der Waals surface area contributed by atoms with Gasteiger partial charge in [0.25, 0.3) is 5.91 Å². The molecule has 0 bridgehead atoms. The number of nitrogens with one attached hydrogen (secondary N) is 2. The van der Waals surface area contributed by atoms with Crippen LogP contribution in [0.2, 0.25) is 5.02 Å². The van der Waals surface area contributed by atoms with Crippen LogP contribution in [0.15, 0.2) is 42.5 Å². The maximum Gasteiger partial charge on any atom is 0.251 e. The lowest BCUT2D eigenvalue weighted by molar-refractivity contribution is -0.128. The number of amides is 2. The highest BCUT2D eigenvalue weighted by Crippen LogP contribution is 2.42. The molecule has 0 spiro atoms. The number of halogens is 1. The van der Waals surface area contributed by atoms with E-state index in [0.29, 0.717) is 17.7 Å². The summed E-state index contributed by atoms with van der Waals surface area (Å²) >= 11 is 6.31. The summed E-state index contributed by atoms with van der Waals surface area (Å²) in [6, 6.07) is 14.6. The van der Waals surface area contributed by atoms with Crippen molar-refractivity contribution in [2.45, 2.75) is 76.8 Å². The summed E-state index contributed by atoms with van der Waals surface area (Å²) in [6.45, 7) is 6.70. The van der Waals surface area contributed by atoms with Crippen molar-refractivity contribution in [3.63, 3.8) is 0 Å². The van der Waals surface area contributed by atoms with Crippen LogP contribution in [-0.2, 0) is 4.79 Å². The van der Waals surface area contributed by atoms with Crippen LogP contribution in [0, 0.1) is 24.7 Å². The molecule has 2 saturated carbocycles. The van der Waals surface area contributed by atoms with Crippen LogP contribution in [0.3, 0.4) is 0 Å². The minimum atomic E-state index is 0.0462. The van der Waals surface area contributed by atoms with Gasteiger partial charge in [-0.1, -0.05) is 42.6 Å². The molecule has 2 heterocycles. The molecule has 6 rings (SSSR count). The smallest absolute Gasteiger partial charge is 0.251 e. The second-order valence-electron chi connectivity index (χ2n) is 13.0. The molecule has 6 nitrogen and oxygen atoms in total. The van der Waals surface area contributed by atoms with E-state index in [-0.39, 0.29) is 18.0 Å². The average molecular weight is 577 g/mol.